The fraction of sp³-hybridized carbons (Fsp3) is 0.250. The van der Waals surface area contributed by atoms with E-state index >= 15 is 0 Å². The van der Waals surface area contributed by atoms with E-state index in [4.69, 9.17) is 4.74 Å². The van der Waals surface area contributed by atoms with Gasteiger partial charge in [0.05, 0.1) is 12.7 Å². The molecule has 0 fully saturated rings. The maximum Gasteiger partial charge on any atom is 0.257 e. The molecule has 0 aliphatic carbocycles. The third-order valence-corrected chi connectivity index (χ3v) is 3.27. The first-order chi connectivity index (χ1) is 10.2. The van der Waals surface area contributed by atoms with Crippen LogP contribution < -0.4 is 10.1 Å². The Kier molecular flexibility index (Phi) is 4.77. The summed E-state index contributed by atoms with van der Waals surface area (Å²) in [4.78, 5) is 18.2. The molecular weight excluding hydrogens is 266 g/mol. The van der Waals surface area contributed by atoms with Crippen molar-refractivity contribution in [3.8, 4) is 5.75 Å². The molecule has 0 saturated carbocycles. The fourth-order valence-corrected chi connectivity index (χ4v) is 2.15. The molecule has 1 N–H and O–H groups in total. The smallest absolute Gasteiger partial charge is 0.257 e. The van der Waals surface area contributed by atoms with Gasteiger partial charge in [0, 0.05) is 44.3 Å². The third kappa shape index (κ3) is 3.31. The summed E-state index contributed by atoms with van der Waals surface area (Å²) in [5.74, 6) is 0.690. The van der Waals surface area contributed by atoms with E-state index in [1.807, 2.05) is 24.3 Å². The van der Waals surface area contributed by atoms with E-state index < -0.39 is 0 Å². The number of pyridine rings is 1. The van der Waals surface area contributed by atoms with Crippen molar-refractivity contribution in [2.75, 3.05) is 26.5 Å². The number of anilines is 1. The van der Waals surface area contributed by atoms with Crippen molar-refractivity contribution in [3.05, 3.63) is 53.9 Å². The molecule has 0 unspecified atom stereocenters. The van der Waals surface area contributed by atoms with E-state index in [1.54, 1.807) is 44.6 Å². The number of aromatic nitrogens is 1. The van der Waals surface area contributed by atoms with E-state index in [0.29, 0.717) is 12.1 Å². The predicted octanol–water partition coefficient (Wildman–Crippen LogP) is 2.40. The second kappa shape index (κ2) is 6.74. The summed E-state index contributed by atoms with van der Waals surface area (Å²) < 4.78 is 5.31. The van der Waals surface area contributed by atoms with Crippen molar-refractivity contribution in [1.29, 1.82) is 0 Å². The summed E-state index contributed by atoms with van der Waals surface area (Å²) in [6.45, 7) is 0.473. The molecule has 2 aromatic rings. The Hall–Kier alpha value is -2.56. The lowest BCUT2D eigenvalue weighted by atomic mass is 10.1. The standard InChI is InChI=1S/C16H19N3O2/c1-17-14-8-9-18-10-13(14)16(20)19(2)11-12-6-4-5-7-15(12)21-3/h4-10H,11H2,1-3H3,(H,17,18). The zero-order valence-electron chi connectivity index (χ0n) is 12.5. The number of nitrogens with one attached hydrogen (secondary N) is 1. The van der Waals surface area contributed by atoms with Crippen LogP contribution >= 0.6 is 0 Å². The van der Waals surface area contributed by atoms with Crippen LogP contribution in [-0.2, 0) is 6.54 Å². The molecule has 21 heavy (non-hydrogen) atoms. The zero-order chi connectivity index (χ0) is 15.2. The lowest BCUT2D eigenvalue weighted by molar-refractivity contribution is 0.0784. The molecule has 0 atom stereocenters. The number of rotatable bonds is 5. The Bertz CT molecular complexity index is 628. The van der Waals surface area contributed by atoms with Gasteiger partial charge in [-0.2, -0.15) is 0 Å². The third-order valence-electron chi connectivity index (χ3n) is 3.27. The highest BCUT2D eigenvalue weighted by atomic mass is 16.5. The largest absolute Gasteiger partial charge is 0.496 e. The van der Waals surface area contributed by atoms with Crippen LogP contribution in [0.25, 0.3) is 0 Å². The highest BCUT2D eigenvalue weighted by molar-refractivity contribution is 5.99. The average Bonchev–Trinajstić information content (AvgIpc) is 2.54. The van der Waals surface area contributed by atoms with Crippen LogP contribution in [0.2, 0.25) is 0 Å². The number of para-hydroxylation sites is 1. The van der Waals surface area contributed by atoms with Crippen molar-refractivity contribution >= 4 is 11.6 Å². The van der Waals surface area contributed by atoms with Gasteiger partial charge >= 0.3 is 0 Å². The summed E-state index contributed by atoms with van der Waals surface area (Å²) in [6.07, 6.45) is 3.23. The number of methoxy groups -OCH3 is 1. The summed E-state index contributed by atoms with van der Waals surface area (Å²) in [7, 11) is 5.18. The molecule has 0 bridgehead atoms. The van der Waals surface area contributed by atoms with Gasteiger partial charge in [-0.15, -0.1) is 0 Å². The van der Waals surface area contributed by atoms with Crippen molar-refractivity contribution in [1.82, 2.24) is 9.88 Å². The number of carbonyl (C=O) groups is 1. The molecule has 2 rings (SSSR count). The summed E-state index contributed by atoms with van der Waals surface area (Å²) >= 11 is 0. The van der Waals surface area contributed by atoms with Crippen molar-refractivity contribution in [2.45, 2.75) is 6.54 Å². The first-order valence-electron chi connectivity index (χ1n) is 6.66. The lowest BCUT2D eigenvalue weighted by Gasteiger charge is -2.20. The van der Waals surface area contributed by atoms with Gasteiger partial charge in [0.1, 0.15) is 5.75 Å². The van der Waals surface area contributed by atoms with Gasteiger partial charge in [-0.3, -0.25) is 9.78 Å². The maximum absolute atomic E-state index is 12.5. The average molecular weight is 285 g/mol. The van der Waals surface area contributed by atoms with Crippen LogP contribution in [-0.4, -0.2) is 37.0 Å². The molecule has 1 heterocycles. The Balaban J connectivity index is 2.20. The fourth-order valence-electron chi connectivity index (χ4n) is 2.15. The highest BCUT2D eigenvalue weighted by Gasteiger charge is 2.17. The van der Waals surface area contributed by atoms with Crippen LogP contribution in [0, 0.1) is 0 Å². The molecule has 1 aromatic heterocycles. The van der Waals surface area contributed by atoms with Gasteiger partial charge in [-0.05, 0) is 12.1 Å². The quantitative estimate of drug-likeness (QED) is 0.916. The van der Waals surface area contributed by atoms with Crippen LogP contribution in [0.5, 0.6) is 5.75 Å². The molecule has 110 valence electrons. The molecule has 1 aromatic carbocycles. The molecule has 5 nitrogen and oxygen atoms in total. The first kappa shape index (κ1) is 14.8. The minimum Gasteiger partial charge on any atom is -0.496 e. The van der Waals surface area contributed by atoms with Crippen molar-refractivity contribution in [2.24, 2.45) is 0 Å². The highest BCUT2D eigenvalue weighted by Crippen LogP contribution is 2.21. The first-order valence-corrected chi connectivity index (χ1v) is 6.66. The lowest BCUT2D eigenvalue weighted by Crippen LogP contribution is -2.27. The van der Waals surface area contributed by atoms with Crippen LogP contribution in [0.3, 0.4) is 0 Å². The van der Waals surface area contributed by atoms with Gasteiger partial charge in [-0.1, -0.05) is 18.2 Å². The SMILES string of the molecule is CNc1ccncc1C(=O)N(C)Cc1ccccc1OC. The molecule has 0 aliphatic rings. The Labute approximate surface area is 124 Å². The topological polar surface area (TPSA) is 54.5 Å². The van der Waals surface area contributed by atoms with Crippen molar-refractivity contribution in [3.63, 3.8) is 0 Å². The van der Waals surface area contributed by atoms with Crippen LogP contribution in [0.1, 0.15) is 15.9 Å². The number of nitrogens with zero attached hydrogens (tertiary/aromatic N) is 2. The van der Waals surface area contributed by atoms with Crippen molar-refractivity contribution < 1.29 is 9.53 Å². The maximum atomic E-state index is 12.5. The normalized spacial score (nSPS) is 10.0. The van der Waals surface area contributed by atoms with Gasteiger partial charge in [-0.25, -0.2) is 0 Å². The van der Waals surface area contributed by atoms with E-state index in [9.17, 15) is 4.79 Å². The summed E-state index contributed by atoms with van der Waals surface area (Å²) in [5.41, 5.74) is 2.28. The second-order valence-electron chi connectivity index (χ2n) is 4.64. The Morgan fingerprint density at radius 1 is 1.33 bits per heavy atom. The minimum absolute atomic E-state index is 0.0849. The molecule has 5 heteroatoms. The summed E-state index contributed by atoms with van der Waals surface area (Å²) in [5, 5.41) is 3.01. The zero-order valence-corrected chi connectivity index (χ0v) is 12.5. The van der Waals surface area contributed by atoms with Gasteiger partial charge in [0.2, 0.25) is 0 Å². The molecule has 0 spiro atoms. The van der Waals surface area contributed by atoms with E-state index in [2.05, 4.69) is 10.3 Å². The molecular formula is C16H19N3O2. The van der Waals surface area contributed by atoms with Gasteiger partial charge in [0.15, 0.2) is 0 Å². The number of carbonyl (C=O) groups excluding carboxylic acids is 1. The number of ether oxygens (including phenoxy) is 1. The van der Waals surface area contributed by atoms with Gasteiger partial charge < -0.3 is 15.0 Å². The van der Waals surface area contributed by atoms with Crippen LogP contribution in [0.15, 0.2) is 42.7 Å². The number of hydrogen-bond acceptors (Lipinski definition) is 4. The summed E-state index contributed by atoms with van der Waals surface area (Å²) in [6, 6.07) is 9.45. The molecule has 0 saturated heterocycles. The number of hydrogen-bond donors (Lipinski definition) is 1. The second-order valence-corrected chi connectivity index (χ2v) is 4.64. The predicted molar refractivity (Wildman–Crippen MR) is 82.6 cm³/mol. The van der Waals surface area contributed by atoms with E-state index in [0.717, 1.165) is 17.0 Å². The van der Waals surface area contributed by atoms with Gasteiger partial charge in [0.25, 0.3) is 5.91 Å². The van der Waals surface area contributed by atoms with Crippen LogP contribution in [0.4, 0.5) is 5.69 Å². The molecule has 0 radical (unpaired) electrons. The molecule has 0 aliphatic heterocycles. The number of benzene rings is 1. The number of amides is 1. The van der Waals surface area contributed by atoms with E-state index in [-0.39, 0.29) is 5.91 Å². The Morgan fingerprint density at radius 3 is 2.81 bits per heavy atom. The Morgan fingerprint density at radius 2 is 2.10 bits per heavy atom. The molecule has 1 amide bonds. The monoisotopic (exact) mass is 285 g/mol. The van der Waals surface area contributed by atoms with E-state index in [1.165, 1.54) is 0 Å². The minimum atomic E-state index is -0.0849.